The van der Waals surface area contributed by atoms with E-state index in [1.54, 1.807) is 36.4 Å². The van der Waals surface area contributed by atoms with Crippen molar-refractivity contribution in [3.8, 4) is 5.75 Å². The maximum Gasteiger partial charge on any atom is 0.253 e. The Morgan fingerprint density at radius 1 is 1.00 bits per heavy atom. The molecule has 0 unspecified atom stereocenters. The van der Waals surface area contributed by atoms with Gasteiger partial charge in [-0.3, -0.25) is 20.4 Å². The molecule has 2 amide bonds. The quantitative estimate of drug-likeness (QED) is 0.669. The molecule has 2 aromatic rings. The summed E-state index contributed by atoms with van der Waals surface area (Å²) in [7, 11) is -1.00. The molecule has 0 atom stereocenters. The summed E-state index contributed by atoms with van der Waals surface area (Å²) in [6.07, 6.45) is 0.00178. The maximum absolute atomic E-state index is 12.5. The van der Waals surface area contributed by atoms with Gasteiger partial charge in [-0.1, -0.05) is 35.9 Å². The summed E-state index contributed by atoms with van der Waals surface area (Å²) >= 11 is 0. The molecule has 0 spiro atoms. The highest BCUT2D eigenvalue weighted by atomic mass is 32.2. The third-order valence-corrected chi connectivity index (χ3v) is 5.80. The van der Waals surface area contributed by atoms with Gasteiger partial charge in [0.05, 0.1) is 25.0 Å². The Bertz CT molecular complexity index is 942. The lowest BCUT2D eigenvalue weighted by Gasteiger charge is -2.17. The van der Waals surface area contributed by atoms with Crippen LogP contribution in [0.5, 0.6) is 5.75 Å². The van der Waals surface area contributed by atoms with Gasteiger partial charge in [0.15, 0.2) is 0 Å². The summed E-state index contributed by atoms with van der Waals surface area (Å²) in [4.78, 5) is 24.1. The van der Waals surface area contributed by atoms with Gasteiger partial charge in [0, 0.05) is 12.6 Å². The minimum absolute atomic E-state index is 0.00178. The molecular formula is C19H23N3O5S. The summed E-state index contributed by atoms with van der Waals surface area (Å²) in [5, 5.41) is 0. The van der Waals surface area contributed by atoms with Crippen molar-refractivity contribution in [2.45, 2.75) is 18.2 Å². The molecule has 2 aromatic carbocycles. The number of rotatable bonds is 7. The first-order chi connectivity index (χ1) is 13.2. The number of methoxy groups -OCH3 is 1. The lowest BCUT2D eigenvalue weighted by molar-refractivity contribution is -0.128. The normalized spacial score (nSPS) is 11.1. The molecule has 9 heteroatoms. The first-order valence-electron chi connectivity index (χ1n) is 8.46. The molecule has 0 fully saturated rings. The smallest absolute Gasteiger partial charge is 0.253 e. The molecule has 0 bridgehead atoms. The Hall–Kier alpha value is -2.91. The molecule has 0 heterocycles. The number of para-hydroxylation sites is 1. The molecule has 0 aliphatic rings. The Labute approximate surface area is 164 Å². The largest absolute Gasteiger partial charge is 0.496 e. The molecule has 28 heavy (non-hydrogen) atoms. The van der Waals surface area contributed by atoms with Crippen LogP contribution in [-0.2, 0) is 26.0 Å². The Kier molecular flexibility index (Phi) is 7.13. The van der Waals surface area contributed by atoms with E-state index in [-0.39, 0.29) is 11.3 Å². The number of benzene rings is 2. The number of ether oxygens (including phenoxy) is 1. The molecule has 0 aliphatic heterocycles. The monoisotopic (exact) mass is 405 g/mol. The Morgan fingerprint density at radius 3 is 2.25 bits per heavy atom. The van der Waals surface area contributed by atoms with Crippen LogP contribution in [0.1, 0.15) is 11.1 Å². The molecule has 0 aliphatic carbocycles. The van der Waals surface area contributed by atoms with Crippen LogP contribution >= 0.6 is 0 Å². The highest BCUT2D eigenvalue weighted by molar-refractivity contribution is 7.89. The predicted molar refractivity (Wildman–Crippen MR) is 104 cm³/mol. The second kappa shape index (κ2) is 9.34. The van der Waals surface area contributed by atoms with Crippen molar-refractivity contribution >= 4 is 21.8 Å². The highest BCUT2D eigenvalue weighted by Gasteiger charge is 2.23. The predicted octanol–water partition coefficient (Wildman–Crippen LogP) is 1.01. The van der Waals surface area contributed by atoms with Gasteiger partial charge in [0.1, 0.15) is 5.75 Å². The van der Waals surface area contributed by atoms with Crippen LogP contribution in [0, 0.1) is 6.92 Å². The maximum atomic E-state index is 12.5. The van der Waals surface area contributed by atoms with Crippen molar-refractivity contribution < 1.29 is 22.7 Å². The molecule has 0 aromatic heterocycles. The highest BCUT2D eigenvalue weighted by Crippen LogP contribution is 2.17. The molecule has 150 valence electrons. The van der Waals surface area contributed by atoms with E-state index >= 15 is 0 Å². The number of sulfonamides is 1. The lowest BCUT2D eigenvalue weighted by Crippen LogP contribution is -2.47. The van der Waals surface area contributed by atoms with E-state index in [2.05, 4.69) is 10.9 Å². The van der Waals surface area contributed by atoms with Gasteiger partial charge in [-0.25, -0.2) is 8.42 Å². The molecule has 0 saturated carbocycles. The van der Waals surface area contributed by atoms with E-state index in [1.165, 1.54) is 26.3 Å². The number of aryl methyl sites for hydroxylation is 1. The summed E-state index contributed by atoms with van der Waals surface area (Å²) in [5.41, 5.74) is 6.08. The van der Waals surface area contributed by atoms with Crippen molar-refractivity contribution in [1.29, 1.82) is 0 Å². The third-order valence-electron chi connectivity index (χ3n) is 3.98. The van der Waals surface area contributed by atoms with Gasteiger partial charge in [0.2, 0.25) is 15.9 Å². The zero-order chi connectivity index (χ0) is 20.7. The van der Waals surface area contributed by atoms with Crippen LogP contribution in [-0.4, -0.2) is 45.2 Å². The fourth-order valence-corrected chi connectivity index (χ4v) is 3.55. The number of likely N-dealkylation sites (N-methyl/N-ethyl adjacent to an activating group) is 1. The van der Waals surface area contributed by atoms with Gasteiger partial charge in [-0.15, -0.1) is 0 Å². The number of carbonyl (C=O) groups is 2. The number of carbonyl (C=O) groups excluding carboxylic acids is 2. The second-order valence-electron chi connectivity index (χ2n) is 6.16. The molecular weight excluding hydrogens is 382 g/mol. The molecule has 0 saturated heterocycles. The second-order valence-corrected chi connectivity index (χ2v) is 8.20. The minimum Gasteiger partial charge on any atom is -0.496 e. The van der Waals surface area contributed by atoms with Crippen molar-refractivity contribution in [3.05, 3.63) is 59.7 Å². The van der Waals surface area contributed by atoms with Gasteiger partial charge >= 0.3 is 0 Å². The Balaban J connectivity index is 1.89. The zero-order valence-corrected chi connectivity index (χ0v) is 16.7. The van der Waals surface area contributed by atoms with Crippen LogP contribution in [0.4, 0.5) is 0 Å². The van der Waals surface area contributed by atoms with Crippen molar-refractivity contribution in [2.75, 3.05) is 20.7 Å². The fourth-order valence-electron chi connectivity index (χ4n) is 2.42. The van der Waals surface area contributed by atoms with Crippen LogP contribution < -0.4 is 15.6 Å². The SMILES string of the molecule is COc1ccccc1CC(=O)NNC(=O)CN(C)S(=O)(=O)c1ccc(C)cc1. The number of hydrazine groups is 1. The summed E-state index contributed by atoms with van der Waals surface area (Å²) < 4.78 is 31.0. The third kappa shape index (κ3) is 5.54. The van der Waals surface area contributed by atoms with Gasteiger partial charge in [-0.2, -0.15) is 4.31 Å². The van der Waals surface area contributed by atoms with E-state index in [0.29, 0.717) is 11.3 Å². The summed E-state index contributed by atoms with van der Waals surface area (Å²) in [6, 6.07) is 13.3. The Morgan fingerprint density at radius 2 is 1.61 bits per heavy atom. The van der Waals surface area contributed by atoms with Crippen LogP contribution in [0.2, 0.25) is 0 Å². The van der Waals surface area contributed by atoms with Crippen molar-refractivity contribution in [2.24, 2.45) is 0 Å². The molecule has 0 radical (unpaired) electrons. The van der Waals surface area contributed by atoms with Crippen molar-refractivity contribution in [3.63, 3.8) is 0 Å². The average Bonchev–Trinajstić information content (AvgIpc) is 2.67. The molecule has 2 N–H and O–H groups in total. The first-order valence-corrected chi connectivity index (χ1v) is 9.90. The number of hydrogen-bond donors (Lipinski definition) is 2. The van der Waals surface area contributed by atoms with Crippen LogP contribution in [0.3, 0.4) is 0 Å². The minimum atomic E-state index is -3.80. The van der Waals surface area contributed by atoms with Gasteiger partial charge in [-0.05, 0) is 25.1 Å². The number of hydrogen-bond acceptors (Lipinski definition) is 5. The van der Waals surface area contributed by atoms with E-state index in [9.17, 15) is 18.0 Å². The standard InChI is InChI=1S/C19H23N3O5S/c1-14-8-10-16(11-9-14)28(25,26)22(2)13-19(24)21-20-18(23)12-15-6-4-5-7-17(15)27-3/h4-11H,12-13H2,1-3H3,(H,20,23)(H,21,24). The number of amides is 2. The number of nitrogens with one attached hydrogen (secondary N) is 2. The molecule has 8 nitrogen and oxygen atoms in total. The van der Waals surface area contributed by atoms with E-state index in [1.807, 2.05) is 6.92 Å². The summed E-state index contributed by atoms with van der Waals surface area (Å²) in [5.74, 6) is -0.554. The van der Waals surface area contributed by atoms with Crippen LogP contribution in [0.15, 0.2) is 53.4 Å². The zero-order valence-electron chi connectivity index (χ0n) is 15.9. The van der Waals surface area contributed by atoms with Gasteiger partial charge in [0.25, 0.3) is 5.91 Å². The fraction of sp³-hybridized carbons (Fsp3) is 0.263. The van der Waals surface area contributed by atoms with Gasteiger partial charge < -0.3 is 4.74 Å². The van der Waals surface area contributed by atoms with E-state index in [4.69, 9.17) is 4.74 Å². The summed E-state index contributed by atoms with van der Waals surface area (Å²) in [6.45, 7) is 1.41. The average molecular weight is 405 g/mol. The van der Waals surface area contributed by atoms with Crippen LogP contribution in [0.25, 0.3) is 0 Å². The van der Waals surface area contributed by atoms with E-state index < -0.39 is 28.4 Å². The topological polar surface area (TPSA) is 105 Å². The van der Waals surface area contributed by atoms with Crippen molar-refractivity contribution in [1.82, 2.24) is 15.2 Å². The molecule has 2 rings (SSSR count). The van der Waals surface area contributed by atoms with E-state index in [0.717, 1.165) is 9.87 Å². The lowest BCUT2D eigenvalue weighted by atomic mass is 10.1. The number of nitrogens with zero attached hydrogens (tertiary/aromatic N) is 1. The first kappa shape index (κ1) is 21.4.